The van der Waals surface area contributed by atoms with Crippen LogP contribution in [0.3, 0.4) is 0 Å². The number of hydrogen-bond donors (Lipinski definition) is 2. The number of carbonyl (C=O) groups excluding carboxylic acids is 1. The molecule has 2 aromatic rings. The maximum atomic E-state index is 12.9. The summed E-state index contributed by atoms with van der Waals surface area (Å²) in [4.78, 5) is 30.1. The van der Waals surface area contributed by atoms with Gasteiger partial charge in [0.25, 0.3) is 5.89 Å². The zero-order valence-corrected chi connectivity index (χ0v) is 16.1. The van der Waals surface area contributed by atoms with Crippen molar-refractivity contribution < 1.29 is 19.2 Å². The molecule has 2 aliphatic carbocycles. The number of carboxylic acids is 1. The Bertz CT molecular complexity index is 872. The minimum atomic E-state index is -0.881. The number of rotatable bonds is 4. The van der Waals surface area contributed by atoms with Crippen LogP contribution in [0.25, 0.3) is 11.5 Å². The summed E-state index contributed by atoms with van der Waals surface area (Å²) in [5.41, 5.74) is 2.01. The molecule has 2 aliphatic rings. The number of anilines is 1. The number of aryl methyl sites for hydroxylation is 2. The maximum absolute atomic E-state index is 12.9. The standard InChI is InChI=1S/C19H23N3O4S/c1-10-20-17(26-22-10)15-13-8-4-5-9-14(13)27-18(15)21-16(23)11-6-2-3-7-12(11)19(24)25/h11-12H,2-9H2,1H3,(H,21,23)(H,24,25)/t11-,12-/m1/s1. The molecule has 4 rings (SSSR count). The van der Waals surface area contributed by atoms with E-state index in [4.69, 9.17) is 4.52 Å². The number of hydrogen-bond acceptors (Lipinski definition) is 6. The molecule has 2 N–H and O–H groups in total. The van der Waals surface area contributed by atoms with E-state index in [-0.39, 0.29) is 5.91 Å². The lowest BCUT2D eigenvalue weighted by molar-refractivity contribution is -0.147. The summed E-state index contributed by atoms with van der Waals surface area (Å²) in [6, 6.07) is 0. The summed E-state index contributed by atoms with van der Waals surface area (Å²) in [6.07, 6.45) is 7.07. The molecule has 1 amide bonds. The highest BCUT2D eigenvalue weighted by Crippen LogP contribution is 2.44. The second-order valence-corrected chi connectivity index (χ2v) is 8.49. The summed E-state index contributed by atoms with van der Waals surface area (Å²) < 4.78 is 5.40. The van der Waals surface area contributed by atoms with Gasteiger partial charge in [0.2, 0.25) is 5.91 Å². The van der Waals surface area contributed by atoms with Gasteiger partial charge in [-0.05, 0) is 51.0 Å². The zero-order valence-electron chi connectivity index (χ0n) is 15.3. The first kappa shape index (κ1) is 18.2. The van der Waals surface area contributed by atoms with Gasteiger partial charge in [-0.25, -0.2) is 0 Å². The third-order valence-corrected chi connectivity index (χ3v) is 6.78. The molecule has 0 spiro atoms. The lowest BCUT2D eigenvalue weighted by atomic mass is 9.78. The Labute approximate surface area is 161 Å². The number of aliphatic carboxylic acids is 1. The van der Waals surface area contributed by atoms with Gasteiger partial charge in [0.05, 0.1) is 17.4 Å². The van der Waals surface area contributed by atoms with Crippen LogP contribution >= 0.6 is 11.3 Å². The normalized spacial score (nSPS) is 22.3. The summed E-state index contributed by atoms with van der Waals surface area (Å²) in [5, 5.41) is 17.1. The smallest absolute Gasteiger partial charge is 0.307 e. The largest absolute Gasteiger partial charge is 0.481 e. The predicted molar refractivity (Wildman–Crippen MR) is 101 cm³/mol. The summed E-state index contributed by atoms with van der Waals surface area (Å²) in [6.45, 7) is 1.77. The Morgan fingerprint density at radius 3 is 2.59 bits per heavy atom. The fourth-order valence-electron chi connectivity index (χ4n) is 4.22. The van der Waals surface area contributed by atoms with Crippen molar-refractivity contribution in [1.82, 2.24) is 10.1 Å². The molecule has 144 valence electrons. The Balaban J connectivity index is 1.66. The number of nitrogens with zero attached hydrogens (tertiary/aromatic N) is 2. The van der Waals surface area contributed by atoms with Crippen LogP contribution in [0.15, 0.2) is 4.52 Å². The Hall–Kier alpha value is -2.22. The van der Waals surface area contributed by atoms with Crippen molar-refractivity contribution in [1.29, 1.82) is 0 Å². The minimum absolute atomic E-state index is 0.210. The van der Waals surface area contributed by atoms with Crippen LogP contribution in [-0.2, 0) is 22.4 Å². The number of thiophene rings is 1. The molecule has 0 aromatic carbocycles. The van der Waals surface area contributed by atoms with E-state index in [0.29, 0.717) is 29.6 Å². The van der Waals surface area contributed by atoms with E-state index in [2.05, 4.69) is 15.5 Å². The Kier molecular flexibility index (Phi) is 4.99. The van der Waals surface area contributed by atoms with Gasteiger partial charge < -0.3 is 14.9 Å². The van der Waals surface area contributed by atoms with Crippen LogP contribution in [0.5, 0.6) is 0 Å². The fourth-order valence-corrected chi connectivity index (χ4v) is 5.51. The third-order valence-electron chi connectivity index (χ3n) is 5.57. The molecule has 2 atom stereocenters. The lowest BCUT2D eigenvalue weighted by Gasteiger charge is -2.27. The summed E-state index contributed by atoms with van der Waals surface area (Å²) in [7, 11) is 0. The van der Waals surface area contributed by atoms with Crippen LogP contribution in [0.2, 0.25) is 0 Å². The van der Waals surface area contributed by atoms with Crippen molar-refractivity contribution in [3.8, 4) is 11.5 Å². The highest BCUT2D eigenvalue weighted by Gasteiger charge is 2.37. The van der Waals surface area contributed by atoms with Gasteiger partial charge in [-0.3, -0.25) is 9.59 Å². The monoisotopic (exact) mass is 389 g/mol. The molecular formula is C19H23N3O4S. The van der Waals surface area contributed by atoms with Gasteiger partial charge >= 0.3 is 5.97 Å². The molecule has 7 nitrogen and oxygen atoms in total. The molecule has 0 radical (unpaired) electrons. The Morgan fingerprint density at radius 1 is 1.15 bits per heavy atom. The van der Waals surface area contributed by atoms with Crippen LogP contribution in [0.4, 0.5) is 5.00 Å². The number of nitrogens with one attached hydrogen (secondary N) is 1. The molecule has 8 heteroatoms. The van der Waals surface area contributed by atoms with Crippen molar-refractivity contribution in [2.45, 2.75) is 58.3 Å². The Morgan fingerprint density at radius 2 is 1.89 bits per heavy atom. The second kappa shape index (κ2) is 7.42. The van der Waals surface area contributed by atoms with Gasteiger partial charge in [-0.15, -0.1) is 11.3 Å². The maximum Gasteiger partial charge on any atom is 0.307 e. The number of carbonyl (C=O) groups is 2. The van der Waals surface area contributed by atoms with Crippen LogP contribution in [0.1, 0.15) is 54.8 Å². The van der Waals surface area contributed by atoms with Crippen molar-refractivity contribution in [3.63, 3.8) is 0 Å². The first-order valence-electron chi connectivity index (χ1n) is 9.53. The molecule has 2 heterocycles. The van der Waals surface area contributed by atoms with E-state index in [1.54, 1.807) is 18.3 Å². The molecule has 2 aromatic heterocycles. The number of fused-ring (bicyclic) bond motifs is 1. The van der Waals surface area contributed by atoms with E-state index in [9.17, 15) is 14.7 Å². The zero-order chi connectivity index (χ0) is 19.0. The number of amides is 1. The highest BCUT2D eigenvalue weighted by atomic mass is 32.1. The van der Waals surface area contributed by atoms with Gasteiger partial charge in [0.15, 0.2) is 5.82 Å². The van der Waals surface area contributed by atoms with E-state index < -0.39 is 17.8 Å². The topological polar surface area (TPSA) is 105 Å². The van der Waals surface area contributed by atoms with Gasteiger partial charge in [-0.1, -0.05) is 18.0 Å². The lowest BCUT2D eigenvalue weighted by Crippen LogP contribution is -2.36. The molecule has 0 unspecified atom stereocenters. The minimum Gasteiger partial charge on any atom is -0.481 e. The fraction of sp³-hybridized carbons (Fsp3) is 0.579. The number of carboxylic acid groups (broad SMARTS) is 1. The van der Waals surface area contributed by atoms with Crippen molar-refractivity contribution in [2.24, 2.45) is 11.8 Å². The van der Waals surface area contributed by atoms with E-state index in [0.717, 1.165) is 44.1 Å². The van der Waals surface area contributed by atoms with E-state index in [1.807, 2.05) is 0 Å². The average Bonchev–Trinajstić information content (AvgIpc) is 3.24. The van der Waals surface area contributed by atoms with Crippen LogP contribution < -0.4 is 5.32 Å². The van der Waals surface area contributed by atoms with Gasteiger partial charge in [-0.2, -0.15) is 4.98 Å². The van der Waals surface area contributed by atoms with E-state index >= 15 is 0 Å². The highest BCUT2D eigenvalue weighted by molar-refractivity contribution is 7.17. The second-order valence-electron chi connectivity index (χ2n) is 7.39. The van der Waals surface area contributed by atoms with E-state index in [1.165, 1.54) is 10.4 Å². The van der Waals surface area contributed by atoms with Gasteiger partial charge in [0, 0.05) is 4.88 Å². The molecular weight excluding hydrogens is 366 g/mol. The quantitative estimate of drug-likeness (QED) is 0.824. The molecule has 27 heavy (non-hydrogen) atoms. The molecule has 0 bridgehead atoms. The molecule has 1 fully saturated rings. The van der Waals surface area contributed by atoms with Crippen molar-refractivity contribution in [2.75, 3.05) is 5.32 Å². The van der Waals surface area contributed by atoms with Crippen LogP contribution in [-0.4, -0.2) is 27.1 Å². The van der Waals surface area contributed by atoms with Crippen molar-refractivity contribution >= 4 is 28.2 Å². The first-order chi connectivity index (χ1) is 13.0. The predicted octanol–water partition coefficient (Wildman–Crippen LogP) is 3.81. The average molecular weight is 389 g/mol. The summed E-state index contributed by atoms with van der Waals surface area (Å²) >= 11 is 1.56. The number of aromatic nitrogens is 2. The third kappa shape index (κ3) is 3.50. The summed E-state index contributed by atoms with van der Waals surface area (Å²) in [5.74, 6) is -1.21. The molecule has 0 aliphatic heterocycles. The first-order valence-corrected chi connectivity index (χ1v) is 10.3. The molecule has 0 saturated heterocycles. The molecule has 1 saturated carbocycles. The SMILES string of the molecule is Cc1noc(-c2c(NC(=O)[C@@H]3CCCC[C@H]3C(=O)O)sc3c2CCCC3)n1. The van der Waals surface area contributed by atoms with Gasteiger partial charge in [0.1, 0.15) is 5.00 Å². The van der Waals surface area contributed by atoms with Crippen LogP contribution in [0, 0.1) is 18.8 Å². The van der Waals surface area contributed by atoms with Crippen molar-refractivity contribution in [3.05, 3.63) is 16.3 Å².